The summed E-state index contributed by atoms with van der Waals surface area (Å²) in [7, 11) is 0. The average Bonchev–Trinajstić information content (AvgIpc) is 3.07. The van der Waals surface area contributed by atoms with E-state index in [0.29, 0.717) is 17.3 Å². The fraction of sp³-hybridized carbons (Fsp3) is 0.400. The predicted molar refractivity (Wildman–Crippen MR) is 125 cm³/mol. The maximum absolute atomic E-state index is 12.9. The number of nitrogens with one attached hydrogen (secondary N) is 1. The third kappa shape index (κ3) is 5.24. The molecule has 0 aliphatic carbocycles. The summed E-state index contributed by atoms with van der Waals surface area (Å²) in [6, 6.07) is 15.9. The lowest BCUT2D eigenvalue weighted by Crippen LogP contribution is -2.20. The molecular formula is C25H31ClN2O2. The van der Waals surface area contributed by atoms with Gasteiger partial charge in [-0.15, -0.1) is 0 Å². The quantitative estimate of drug-likeness (QED) is 0.288. The van der Waals surface area contributed by atoms with Gasteiger partial charge in [-0.25, -0.2) is 4.79 Å². The molecule has 0 spiro atoms. The molecule has 0 aliphatic rings. The smallest absolute Gasteiger partial charge is 0.355 e. The Morgan fingerprint density at radius 1 is 1.00 bits per heavy atom. The number of carbonyl (C=O) groups is 1. The minimum atomic E-state index is -0.289. The number of aromatic nitrogens is 1. The highest BCUT2D eigenvalue weighted by Gasteiger charge is 2.24. The Hall–Kier alpha value is -2.30. The van der Waals surface area contributed by atoms with Crippen LogP contribution < -0.4 is 5.32 Å². The third-order valence-corrected chi connectivity index (χ3v) is 5.48. The lowest BCUT2D eigenvalue weighted by molar-refractivity contribution is 0.0516. The first-order chi connectivity index (χ1) is 14.7. The predicted octanol–water partition coefficient (Wildman–Crippen LogP) is 6.31. The van der Waals surface area contributed by atoms with Crippen molar-refractivity contribution in [2.45, 2.75) is 46.1 Å². The van der Waals surface area contributed by atoms with Gasteiger partial charge in [0.2, 0.25) is 0 Å². The molecule has 1 N–H and O–H groups in total. The van der Waals surface area contributed by atoms with E-state index in [2.05, 4.69) is 28.9 Å². The van der Waals surface area contributed by atoms with E-state index in [1.165, 1.54) is 19.3 Å². The molecule has 1 heterocycles. The Balaban J connectivity index is 1.99. The van der Waals surface area contributed by atoms with E-state index in [1.54, 1.807) is 0 Å². The lowest BCUT2D eigenvalue weighted by Gasteiger charge is -2.14. The number of hydrogen-bond donors (Lipinski definition) is 1. The van der Waals surface area contributed by atoms with Crippen molar-refractivity contribution in [1.29, 1.82) is 0 Å². The van der Waals surface area contributed by atoms with Crippen molar-refractivity contribution in [3.63, 3.8) is 0 Å². The van der Waals surface area contributed by atoms with Crippen molar-refractivity contribution < 1.29 is 9.53 Å². The van der Waals surface area contributed by atoms with Gasteiger partial charge in [0.05, 0.1) is 12.3 Å². The molecule has 160 valence electrons. The number of benzene rings is 2. The fourth-order valence-corrected chi connectivity index (χ4v) is 4.03. The summed E-state index contributed by atoms with van der Waals surface area (Å²) in [5.74, 6) is -0.289. The highest BCUT2D eigenvalue weighted by molar-refractivity contribution is 6.31. The first kappa shape index (κ1) is 22.4. The molecule has 5 heteroatoms. The number of nitrogens with zero attached hydrogens (tertiary/aromatic N) is 1. The molecule has 0 amide bonds. The molecule has 0 atom stereocenters. The van der Waals surface area contributed by atoms with Crippen molar-refractivity contribution in [3.8, 4) is 11.3 Å². The SMILES string of the molecule is CCCCCNCCCn1c(C(=O)OCC)c2ccc(Cl)cc2c1-c1ccccc1. The van der Waals surface area contributed by atoms with E-state index in [4.69, 9.17) is 16.3 Å². The van der Waals surface area contributed by atoms with Crippen molar-refractivity contribution in [3.05, 3.63) is 59.2 Å². The second kappa shape index (κ2) is 11.2. The molecule has 0 unspecified atom stereocenters. The van der Waals surface area contributed by atoms with Crippen LogP contribution >= 0.6 is 11.6 Å². The number of carbonyl (C=O) groups excluding carboxylic acids is 1. The molecule has 0 radical (unpaired) electrons. The molecule has 1 aromatic heterocycles. The van der Waals surface area contributed by atoms with E-state index in [9.17, 15) is 4.79 Å². The highest BCUT2D eigenvalue weighted by Crippen LogP contribution is 2.36. The van der Waals surface area contributed by atoms with Crippen molar-refractivity contribution in [2.75, 3.05) is 19.7 Å². The first-order valence-electron chi connectivity index (χ1n) is 10.9. The van der Waals surface area contributed by atoms with Crippen molar-refractivity contribution in [1.82, 2.24) is 9.88 Å². The molecule has 0 bridgehead atoms. The lowest BCUT2D eigenvalue weighted by atomic mass is 10.1. The Kier molecular flexibility index (Phi) is 8.35. The van der Waals surface area contributed by atoms with Gasteiger partial charge in [0.1, 0.15) is 5.69 Å². The maximum Gasteiger partial charge on any atom is 0.355 e. The summed E-state index contributed by atoms with van der Waals surface area (Å²) >= 11 is 6.33. The van der Waals surface area contributed by atoms with Gasteiger partial charge in [0, 0.05) is 22.3 Å². The van der Waals surface area contributed by atoms with Crippen LogP contribution in [0.2, 0.25) is 5.02 Å². The normalized spacial score (nSPS) is 11.2. The molecule has 0 aliphatic heterocycles. The summed E-state index contributed by atoms with van der Waals surface area (Å²) < 4.78 is 7.53. The zero-order valence-electron chi connectivity index (χ0n) is 17.9. The van der Waals surface area contributed by atoms with Crippen LogP contribution in [0.4, 0.5) is 0 Å². The topological polar surface area (TPSA) is 43.3 Å². The standard InChI is InChI=1S/C25H31ClN2O2/c1-3-5-9-15-27-16-10-17-28-23(19-11-7-6-8-12-19)22-18-20(26)13-14-21(22)24(28)25(29)30-4-2/h6-8,11-14,18,27H,3-5,9-10,15-17H2,1-2H3. The number of hydrogen-bond acceptors (Lipinski definition) is 3. The number of fused-ring (bicyclic) bond motifs is 1. The van der Waals surface area contributed by atoms with Crippen LogP contribution in [0.15, 0.2) is 48.5 Å². The summed E-state index contributed by atoms with van der Waals surface area (Å²) in [6.07, 6.45) is 4.60. The van der Waals surface area contributed by atoms with Gasteiger partial charge in [0.15, 0.2) is 0 Å². The first-order valence-corrected chi connectivity index (χ1v) is 11.3. The fourth-order valence-electron chi connectivity index (χ4n) is 3.86. The van der Waals surface area contributed by atoms with Gasteiger partial charge in [0.25, 0.3) is 0 Å². The Bertz CT molecular complexity index is 966. The molecule has 0 saturated heterocycles. The van der Waals surface area contributed by atoms with Crippen LogP contribution in [0.5, 0.6) is 0 Å². The van der Waals surface area contributed by atoms with E-state index < -0.39 is 0 Å². The van der Waals surface area contributed by atoms with Crippen LogP contribution in [-0.4, -0.2) is 30.2 Å². The molecule has 2 aromatic carbocycles. The second-order valence-corrected chi connectivity index (χ2v) is 7.87. The summed E-state index contributed by atoms with van der Waals surface area (Å²) in [5.41, 5.74) is 2.69. The van der Waals surface area contributed by atoms with E-state index in [0.717, 1.165) is 48.1 Å². The summed E-state index contributed by atoms with van der Waals surface area (Å²) in [5, 5.41) is 6.03. The Morgan fingerprint density at radius 2 is 1.77 bits per heavy atom. The zero-order valence-corrected chi connectivity index (χ0v) is 18.7. The molecule has 4 nitrogen and oxygen atoms in total. The molecular weight excluding hydrogens is 396 g/mol. The average molecular weight is 427 g/mol. The van der Waals surface area contributed by atoms with E-state index >= 15 is 0 Å². The monoisotopic (exact) mass is 426 g/mol. The van der Waals surface area contributed by atoms with Crippen LogP contribution in [0.25, 0.3) is 22.0 Å². The van der Waals surface area contributed by atoms with Crippen LogP contribution in [0.1, 0.15) is 50.0 Å². The molecule has 3 rings (SSSR count). The van der Waals surface area contributed by atoms with Crippen molar-refractivity contribution >= 4 is 28.3 Å². The van der Waals surface area contributed by atoms with E-state index in [-0.39, 0.29) is 5.97 Å². The highest BCUT2D eigenvalue weighted by atomic mass is 35.5. The van der Waals surface area contributed by atoms with Crippen LogP contribution in [0.3, 0.4) is 0 Å². The number of halogens is 1. The zero-order chi connectivity index (χ0) is 21.3. The van der Waals surface area contributed by atoms with Crippen molar-refractivity contribution in [2.24, 2.45) is 0 Å². The Labute approximate surface area is 184 Å². The number of rotatable bonds is 11. The van der Waals surface area contributed by atoms with Gasteiger partial charge < -0.3 is 14.6 Å². The summed E-state index contributed by atoms with van der Waals surface area (Å²) in [4.78, 5) is 12.9. The van der Waals surface area contributed by atoms with Gasteiger partial charge in [-0.05, 0) is 50.6 Å². The largest absolute Gasteiger partial charge is 0.461 e. The number of esters is 1. The summed E-state index contributed by atoms with van der Waals surface area (Å²) in [6.45, 7) is 7.07. The number of unbranched alkanes of at least 4 members (excludes halogenated alkanes) is 2. The van der Waals surface area contributed by atoms with Gasteiger partial charge >= 0.3 is 5.97 Å². The maximum atomic E-state index is 12.9. The van der Waals surface area contributed by atoms with Gasteiger partial charge in [-0.2, -0.15) is 0 Å². The second-order valence-electron chi connectivity index (χ2n) is 7.44. The molecule has 0 fully saturated rings. The number of ether oxygens (including phenoxy) is 1. The van der Waals surface area contributed by atoms with Gasteiger partial charge in [-0.3, -0.25) is 0 Å². The van der Waals surface area contributed by atoms with Crippen LogP contribution in [-0.2, 0) is 11.3 Å². The van der Waals surface area contributed by atoms with Crippen LogP contribution in [0, 0.1) is 0 Å². The van der Waals surface area contributed by atoms with E-state index in [1.807, 2.05) is 43.3 Å². The Morgan fingerprint density at radius 3 is 2.50 bits per heavy atom. The molecule has 30 heavy (non-hydrogen) atoms. The van der Waals surface area contributed by atoms with Gasteiger partial charge in [-0.1, -0.05) is 67.8 Å². The molecule has 0 saturated carbocycles. The minimum Gasteiger partial charge on any atom is -0.461 e. The third-order valence-electron chi connectivity index (χ3n) is 5.24. The molecule has 3 aromatic rings. The minimum absolute atomic E-state index is 0.289.